The monoisotopic (exact) mass is 320 g/mol. The molecule has 0 aliphatic carbocycles. The molecular weight excluding hydrogens is 308 g/mol. The third kappa shape index (κ3) is 3.47. The van der Waals surface area contributed by atoms with Crippen molar-refractivity contribution in [2.24, 2.45) is 0 Å². The molecule has 1 fully saturated rings. The number of halogens is 1. The average Bonchev–Trinajstić information content (AvgIpc) is 2.38. The van der Waals surface area contributed by atoms with Crippen molar-refractivity contribution in [2.45, 2.75) is 4.90 Å². The number of carbonyl (C=O) groups is 1. The second-order valence-corrected chi connectivity index (χ2v) is 6.21. The Morgan fingerprint density at radius 2 is 2.00 bits per heavy atom. The second-order valence-electron chi connectivity index (χ2n) is 4.14. The first kappa shape index (κ1) is 15.2. The third-order valence-electron chi connectivity index (χ3n) is 2.74. The molecule has 9 heteroatoms. The van der Waals surface area contributed by atoms with Crippen LogP contribution in [0, 0.1) is 0 Å². The predicted molar refractivity (Wildman–Crippen MR) is 71.1 cm³/mol. The molecule has 0 amide bonds. The molecule has 0 atom stereocenters. The molecule has 1 aromatic rings. The zero-order chi connectivity index (χ0) is 14.8. The van der Waals surface area contributed by atoms with Gasteiger partial charge in [0.2, 0.25) is 0 Å². The van der Waals surface area contributed by atoms with Crippen molar-refractivity contribution in [3.8, 4) is 0 Å². The Hall–Kier alpha value is -1.19. The molecule has 1 aromatic carbocycles. The number of benzene rings is 1. The van der Waals surface area contributed by atoms with Crippen LogP contribution in [0.3, 0.4) is 0 Å². The first-order chi connectivity index (χ1) is 9.40. The number of aromatic carboxylic acids is 1. The maximum atomic E-state index is 12.1. The number of ether oxygens (including phenoxy) is 1. The number of carboxylic acid groups (broad SMARTS) is 1. The Labute approximate surface area is 121 Å². The van der Waals surface area contributed by atoms with Crippen LogP contribution in [-0.2, 0) is 14.8 Å². The van der Waals surface area contributed by atoms with E-state index >= 15 is 0 Å². The van der Waals surface area contributed by atoms with E-state index in [0.29, 0.717) is 26.3 Å². The Bertz CT molecular complexity index is 613. The van der Waals surface area contributed by atoms with Crippen LogP contribution in [0.2, 0.25) is 5.02 Å². The molecular formula is C11H13ClN2O5S. The third-order valence-corrected chi connectivity index (χ3v) is 4.43. The minimum Gasteiger partial charge on any atom is -0.478 e. The van der Waals surface area contributed by atoms with E-state index in [1.807, 2.05) is 0 Å². The number of morpholine rings is 1. The lowest BCUT2D eigenvalue weighted by Gasteiger charge is -2.26. The van der Waals surface area contributed by atoms with E-state index in [4.69, 9.17) is 21.4 Å². The quantitative estimate of drug-likeness (QED) is 0.841. The van der Waals surface area contributed by atoms with E-state index in [2.05, 4.69) is 4.83 Å². The number of carboxylic acids is 1. The van der Waals surface area contributed by atoms with Crippen LogP contribution >= 0.6 is 11.6 Å². The molecule has 2 rings (SSSR count). The zero-order valence-corrected chi connectivity index (χ0v) is 11.9. The standard InChI is InChI=1S/C11H13ClN2O5S/c12-10-7-8(1-2-9(10)11(15)16)20(17,18)13-14-3-5-19-6-4-14/h1-2,7,13H,3-6H2,(H,15,16). The van der Waals surface area contributed by atoms with Gasteiger partial charge < -0.3 is 9.84 Å². The highest BCUT2D eigenvalue weighted by Gasteiger charge is 2.21. The van der Waals surface area contributed by atoms with Gasteiger partial charge in [0.15, 0.2) is 0 Å². The zero-order valence-electron chi connectivity index (χ0n) is 10.4. The Morgan fingerprint density at radius 1 is 1.35 bits per heavy atom. The van der Waals surface area contributed by atoms with Crippen LogP contribution < -0.4 is 4.83 Å². The summed E-state index contributed by atoms with van der Waals surface area (Å²) in [5, 5.41) is 10.3. The van der Waals surface area contributed by atoms with Crippen LogP contribution in [0.15, 0.2) is 23.1 Å². The number of sulfonamides is 1. The number of nitrogens with one attached hydrogen (secondary N) is 1. The Balaban J connectivity index is 2.20. The summed E-state index contributed by atoms with van der Waals surface area (Å²) in [5.41, 5.74) is -0.142. The Kier molecular flexibility index (Phi) is 4.61. The fraction of sp³-hybridized carbons (Fsp3) is 0.364. The minimum absolute atomic E-state index is 0.0843. The first-order valence-corrected chi connectivity index (χ1v) is 7.64. The number of hydrazine groups is 1. The number of hydrogen-bond donors (Lipinski definition) is 2. The molecule has 0 unspecified atom stereocenters. The van der Waals surface area contributed by atoms with Crippen molar-refractivity contribution in [2.75, 3.05) is 26.3 Å². The van der Waals surface area contributed by atoms with Gasteiger partial charge in [0, 0.05) is 13.1 Å². The van der Waals surface area contributed by atoms with Crippen LogP contribution in [-0.4, -0.2) is 50.8 Å². The summed E-state index contributed by atoms with van der Waals surface area (Å²) in [6.07, 6.45) is 0. The highest BCUT2D eigenvalue weighted by Crippen LogP contribution is 2.21. The summed E-state index contributed by atoms with van der Waals surface area (Å²) in [7, 11) is -3.78. The van der Waals surface area contributed by atoms with E-state index in [0.717, 1.165) is 6.07 Å². The van der Waals surface area contributed by atoms with E-state index in [1.165, 1.54) is 17.1 Å². The van der Waals surface area contributed by atoms with Crippen molar-refractivity contribution in [3.63, 3.8) is 0 Å². The summed E-state index contributed by atoms with van der Waals surface area (Å²) < 4.78 is 29.4. The van der Waals surface area contributed by atoms with Crippen molar-refractivity contribution in [1.29, 1.82) is 0 Å². The van der Waals surface area contributed by atoms with Gasteiger partial charge in [0.25, 0.3) is 10.0 Å². The lowest BCUT2D eigenvalue weighted by Crippen LogP contribution is -2.48. The summed E-state index contributed by atoms with van der Waals surface area (Å²) >= 11 is 5.77. The van der Waals surface area contributed by atoms with E-state index in [-0.39, 0.29) is 15.5 Å². The van der Waals surface area contributed by atoms with Gasteiger partial charge in [-0.25, -0.2) is 18.2 Å². The molecule has 7 nitrogen and oxygen atoms in total. The molecule has 1 aliphatic rings. The van der Waals surface area contributed by atoms with Gasteiger partial charge in [-0.05, 0) is 18.2 Å². The van der Waals surface area contributed by atoms with Crippen molar-refractivity contribution < 1.29 is 23.1 Å². The van der Waals surface area contributed by atoms with Gasteiger partial charge in [-0.3, -0.25) is 0 Å². The topological polar surface area (TPSA) is 95.9 Å². The van der Waals surface area contributed by atoms with Crippen LogP contribution in [0.5, 0.6) is 0 Å². The van der Waals surface area contributed by atoms with Crippen molar-refractivity contribution in [3.05, 3.63) is 28.8 Å². The average molecular weight is 321 g/mol. The van der Waals surface area contributed by atoms with Crippen LogP contribution in [0.4, 0.5) is 0 Å². The van der Waals surface area contributed by atoms with Gasteiger partial charge in [0.05, 0.1) is 28.7 Å². The van der Waals surface area contributed by atoms with Crippen LogP contribution in [0.1, 0.15) is 10.4 Å². The molecule has 1 aliphatic heterocycles. The highest BCUT2D eigenvalue weighted by atomic mass is 35.5. The molecule has 1 saturated heterocycles. The van der Waals surface area contributed by atoms with Crippen LogP contribution in [0.25, 0.3) is 0 Å². The maximum absolute atomic E-state index is 12.1. The van der Waals surface area contributed by atoms with Gasteiger partial charge in [-0.2, -0.15) is 0 Å². The molecule has 0 bridgehead atoms. The summed E-state index contributed by atoms with van der Waals surface area (Å²) in [6, 6.07) is 3.49. The smallest absolute Gasteiger partial charge is 0.337 e. The van der Waals surface area contributed by atoms with Gasteiger partial charge >= 0.3 is 5.97 Å². The van der Waals surface area contributed by atoms with E-state index < -0.39 is 16.0 Å². The Morgan fingerprint density at radius 3 is 2.55 bits per heavy atom. The second kappa shape index (κ2) is 6.06. The molecule has 0 saturated carbocycles. The summed E-state index contributed by atoms with van der Waals surface area (Å²) in [6.45, 7) is 1.78. The molecule has 1 heterocycles. The lowest BCUT2D eigenvalue weighted by atomic mass is 10.2. The maximum Gasteiger partial charge on any atom is 0.337 e. The van der Waals surface area contributed by atoms with E-state index in [1.54, 1.807) is 0 Å². The highest BCUT2D eigenvalue weighted by molar-refractivity contribution is 7.89. The fourth-order valence-corrected chi connectivity index (χ4v) is 3.19. The fourth-order valence-electron chi connectivity index (χ4n) is 1.71. The number of rotatable bonds is 4. The molecule has 0 spiro atoms. The van der Waals surface area contributed by atoms with Crippen molar-refractivity contribution in [1.82, 2.24) is 9.84 Å². The van der Waals surface area contributed by atoms with Gasteiger partial charge in [0.1, 0.15) is 0 Å². The normalized spacial score (nSPS) is 17.1. The van der Waals surface area contributed by atoms with E-state index in [9.17, 15) is 13.2 Å². The SMILES string of the molecule is O=C(O)c1ccc(S(=O)(=O)NN2CCOCC2)cc1Cl. The number of hydrogen-bond acceptors (Lipinski definition) is 5. The molecule has 2 N–H and O–H groups in total. The van der Waals surface area contributed by atoms with Gasteiger partial charge in [-0.15, -0.1) is 4.83 Å². The molecule has 20 heavy (non-hydrogen) atoms. The number of nitrogens with zero attached hydrogens (tertiary/aromatic N) is 1. The summed E-state index contributed by atoms with van der Waals surface area (Å²) in [4.78, 5) is 13.2. The minimum atomic E-state index is -3.78. The van der Waals surface area contributed by atoms with Crippen molar-refractivity contribution >= 4 is 27.6 Å². The first-order valence-electron chi connectivity index (χ1n) is 5.78. The molecule has 0 radical (unpaired) electrons. The summed E-state index contributed by atoms with van der Waals surface area (Å²) in [5.74, 6) is -1.21. The molecule has 110 valence electrons. The largest absolute Gasteiger partial charge is 0.478 e. The predicted octanol–water partition coefficient (Wildman–Crippen LogP) is 0.564. The van der Waals surface area contributed by atoms with Gasteiger partial charge in [-0.1, -0.05) is 11.6 Å². The lowest BCUT2D eigenvalue weighted by molar-refractivity contribution is 0.0272. The molecule has 0 aromatic heterocycles.